The number of piperidine rings is 1. The lowest BCUT2D eigenvalue weighted by Gasteiger charge is -2.31. The molecule has 4 heteroatoms. The zero-order chi connectivity index (χ0) is 13.0. The van der Waals surface area contributed by atoms with E-state index in [0.29, 0.717) is 5.92 Å². The summed E-state index contributed by atoms with van der Waals surface area (Å²) in [6.45, 7) is 6.03. The van der Waals surface area contributed by atoms with E-state index in [1.165, 1.54) is 0 Å². The zero-order valence-electron chi connectivity index (χ0n) is 11.0. The van der Waals surface area contributed by atoms with Crippen LogP contribution < -0.4 is 10.6 Å². The number of carbonyl (C=O) groups is 1. The van der Waals surface area contributed by atoms with Crippen molar-refractivity contribution in [2.75, 3.05) is 13.1 Å². The molecular weight excluding hydrogens is 226 g/mol. The van der Waals surface area contributed by atoms with E-state index in [1.54, 1.807) is 12.4 Å². The van der Waals surface area contributed by atoms with E-state index in [9.17, 15) is 4.79 Å². The molecule has 0 aromatic carbocycles. The van der Waals surface area contributed by atoms with E-state index in [4.69, 9.17) is 0 Å². The van der Waals surface area contributed by atoms with Crippen molar-refractivity contribution in [3.8, 4) is 0 Å². The maximum atomic E-state index is 12.2. The van der Waals surface area contributed by atoms with Gasteiger partial charge in [-0.15, -0.1) is 0 Å². The molecule has 4 nitrogen and oxygen atoms in total. The van der Waals surface area contributed by atoms with E-state index in [1.807, 2.05) is 19.1 Å². The molecule has 1 amide bonds. The lowest BCUT2D eigenvalue weighted by molar-refractivity contribution is -0.123. The number of hydrogen-bond acceptors (Lipinski definition) is 3. The summed E-state index contributed by atoms with van der Waals surface area (Å²) in [6.07, 6.45) is 4.60. The van der Waals surface area contributed by atoms with Gasteiger partial charge >= 0.3 is 0 Å². The highest BCUT2D eigenvalue weighted by molar-refractivity contribution is 5.83. The Balaban J connectivity index is 1.95. The Labute approximate surface area is 108 Å². The lowest BCUT2D eigenvalue weighted by Crippen LogP contribution is -2.51. The average Bonchev–Trinajstić information content (AvgIpc) is 2.41. The number of rotatable bonds is 3. The predicted molar refractivity (Wildman–Crippen MR) is 71.2 cm³/mol. The van der Waals surface area contributed by atoms with Gasteiger partial charge in [-0.3, -0.25) is 9.78 Å². The van der Waals surface area contributed by atoms with Gasteiger partial charge in [-0.25, -0.2) is 0 Å². The fourth-order valence-corrected chi connectivity index (χ4v) is 2.27. The molecule has 0 radical (unpaired) electrons. The van der Waals surface area contributed by atoms with Gasteiger partial charge < -0.3 is 10.6 Å². The first kappa shape index (κ1) is 13.0. The van der Waals surface area contributed by atoms with Gasteiger partial charge in [0.1, 0.15) is 0 Å². The molecule has 1 aromatic heterocycles. The summed E-state index contributed by atoms with van der Waals surface area (Å²) in [5.74, 6) is 0.479. The molecule has 98 valence electrons. The van der Waals surface area contributed by atoms with Gasteiger partial charge in [0.25, 0.3) is 0 Å². The molecule has 2 N–H and O–H groups in total. The molecule has 3 unspecified atom stereocenters. The third-order valence-corrected chi connectivity index (χ3v) is 3.73. The molecule has 0 aliphatic carbocycles. The van der Waals surface area contributed by atoms with Crippen LogP contribution in [-0.4, -0.2) is 30.0 Å². The number of nitrogens with zero attached hydrogens (tertiary/aromatic N) is 1. The Hall–Kier alpha value is -1.42. The van der Waals surface area contributed by atoms with Crippen molar-refractivity contribution in [2.24, 2.45) is 5.92 Å². The van der Waals surface area contributed by atoms with Crippen molar-refractivity contribution in [2.45, 2.75) is 32.2 Å². The predicted octanol–water partition coefficient (Wildman–Crippen LogP) is 1.30. The number of amides is 1. The van der Waals surface area contributed by atoms with Crippen LogP contribution in [0.15, 0.2) is 24.5 Å². The molecule has 2 rings (SSSR count). The van der Waals surface area contributed by atoms with Crippen LogP contribution in [0.3, 0.4) is 0 Å². The SMILES string of the molecule is CC(C(=O)NC1CNCCC1C)c1cccnc1. The van der Waals surface area contributed by atoms with Crippen LogP contribution in [0.25, 0.3) is 0 Å². The summed E-state index contributed by atoms with van der Waals surface area (Å²) in [5, 5.41) is 6.46. The quantitative estimate of drug-likeness (QED) is 0.846. The molecule has 2 heterocycles. The minimum Gasteiger partial charge on any atom is -0.351 e. The van der Waals surface area contributed by atoms with Gasteiger partial charge in [-0.05, 0) is 37.4 Å². The highest BCUT2D eigenvalue weighted by Crippen LogP contribution is 2.16. The summed E-state index contributed by atoms with van der Waals surface area (Å²) in [4.78, 5) is 16.2. The largest absolute Gasteiger partial charge is 0.351 e. The molecule has 18 heavy (non-hydrogen) atoms. The minimum absolute atomic E-state index is 0.0866. The number of carbonyl (C=O) groups excluding carboxylic acids is 1. The van der Waals surface area contributed by atoms with Gasteiger partial charge in [0.15, 0.2) is 0 Å². The molecule has 1 aliphatic heterocycles. The second kappa shape index (κ2) is 5.96. The molecule has 0 saturated carbocycles. The standard InChI is InChI=1S/C14H21N3O/c1-10-5-7-16-9-13(10)17-14(18)11(2)12-4-3-6-15-8-12/h3-4,6,8,10-11,13,16H,5,7,9H2,1-2H3,(H,17,18). The lowest BCUT2D eigenvalue weighted by atomic mass is 9.93. The molecular formula is C14H21N3O. The van der Waals surface area contributed by atoms with Crippen molar-refractivity contribution < 1.29 is 4.79 Å². The van der Waals surface area contributed by atoms with Crippen LogP contribution in [0, 0.1) is 5.92 Å². The van der Waals surface area contributed by atoms with Crippen LogP contribution in [-0.2, 0) is 4.79 Å². The Kier molecular flexibility index (Phi) is 4.31. The van der Waals surface area contributed by atoms with Crippen LogP contribution >= 0.6 is 0 Å². The van der Waals surface area contributed by atoms with Crippen molar-refractivity contribution in [3.05, 3.63) is 30.1 Å². The number of aromatic nitrogens is 1. The van der Waals surface area contributed by atoms with Crippen molar-refractivity contribution in [1.29, 1.82) is 0 Å². The first-order valence-corrected chi connectivity index (χ1v) is 6.59. The second-order valence-electron chi connectivity index (χ2n) is 5.09. The van der Waals surface area contributed by atoms with E-state index in [-0.39, 0.29) is 17.9 Å². The summed E-state index contributed by atoms with van der Waals surface area (Å²) in [5.41, 5.74) is 0.964. The normalized spacial score (nSPS) is 25.4. The average molecular weight is 247 g/mol. The van der Waals surface area contributed by atoms with Crippen LogP contribution in [0.1, 0.15) is 31.7 Å². The first-order chi connectivity index (χ1) is 8.68. The smallest absolute Gasteiger partial charge is 0.227 e. The van der Waals surface area contributed by atoms with Gasteiger partial charge in [0, 0.05) is 25.0 Å². The van der Waals surface area contributed by atoms with Crippen molar-refractivity contribution in [3.63, 3.8) is 0 Å². The zero-order valence-corrected chi connectivity index (χ0v) is 11.0. The molecule has 3 atom stereocenters. The fraction of sp³-hybridized carbons (Fsp3) is 0.571. The first-order valence-electron chi connectivity index (χ1n) is 6.59. The van der Waals surface area contributed by atoms with Gasteiger partial charge in [0.2, 0.25) is 5.91 Å². The van der Waals surface area contributed by atoms with Gasteiger partial charge in [-0.1, -0.05) is 13.0 Å². The van der Waals surface area contributed by atoms with E-state index >= 15 is 0 Å². The maximum Gasteiger partial charge on any atom is 0.227 e. The summed E-state index contributed by atoms with van der Waals surface area (Å²) in [6, 6.07) is 4.05. The molecule has 0 bridgehead atoms. The third kappa shape index (κ3) is 3.07. The molecule has 1 fully saturated rings. The molecule has 1 aliphatic rings. The summed E-state index contributed by atoms with van der Waals surface area (Å²) < 4.78 is 0. The van der Waals surface area contributed by atoms with E-state index < -0.39 is 0 Å². The Morgan fingerprint density at radius 3 is 3.11 bits per heavy atom. The van der Waals surface area contributed by atoms with Crippen LogP contribution in [0.2, 0.25) is 0 Å². The van der Waals surface area contributed by atoms with E-state index in [2.05, 4.69) is 22.5 Å². The topological polar surface area (TPSA) is 54.0 Å². The van der Waals surface area contributed by atoms with Gasteiger partial charge in [0.05, 0.1) is 5.92 Å². The van der Waals surface area contributed by atoms with Crippen molar-refractivity contribution >= 4 is 5.91 Å². The molecule has 0 spiro atoms. The van der Waals surface area contributed by atoms with Gasteiger partial charge in [-0.2, -0.15) is 0 Å². The number of pyridine rings is 1. The van der Waals surface area contributed by atoms with Crippen molar-refractivity contribution in [1.82, 2.24) is 15.6 Å². The second-order valence-corrected chi connectivity index (χ2v) is 5.09. The summed E-state index contributed by atoms with van der Waals surface area (Å²) >= 11 is 0. The Bertz CT molecular complexity index is 393. The van der Waals surface area contributed by atoms with Crippen LogP contribution in [0.5, 0.6) is 0 Å². The summed E-state index contributed by atoms with van der Waals surface area (Å²) in [7, 11) is 0. The monoisotopic (exact) mass is 247 g/mol. The number of nitrogens with one attached hydrogen (secondary N) is 2. The molecule has 1 saturated heterocycles. The Morgan fingerprint density at radius 2 is 2.44 bits per heavy atom. The Morgan fingerprint density at radius 1 is 1.61 bits per heavy atom. The van der Waals surface area contributed by atoms with E-state index in [0.717, 1.165) is 25.1 Å². The fourth-order valence-electron chi connectivity index (χ4n) is 2.27. The third-order valence-electron chi connectivity index (χ3n) is 3.73. The highest BCUT2D eigenvalue weighted by Gasteiger charge is 2.25. The minimum atomic E-state index is -0.146. The maximum absolute atomic E-state index is 12.2. The highest BCUT2D eigenvalue weighted by atomic mass is 16.1. The molecule has 1 aromatic rings. The number of hydrogen-bond donors (Lipinski definition) is 2. The van der Waals surface area contributed by atoms with Crippen LogP contribution in [0.4, 0.5) is 0 Å².